The summed E-state index contributed by atoms with van der Waals surface area (Å²) < 4.78 is 1.98. The fourth-order valence-corrected chi connectivity index (χ4v) is 2.80. The van der Waals surface area contributed by atoms with Crippen molar-refractivity contribution in [2.24, 2.45) is 0 Å². The van der Waals surface area contributed by atoms with Crippen LogP contribution >= 0.6 is 0 Å². The number of nitrogens with zero attached hydrogens (tertiary/aromatic N) is 2. The summed E-state index contributed by atoms with van der Waals surface area (Å²) in [6.45, 7) is 9.05. The van der Waals surface area contributed by atoms with E-state index in [4.69, 9.17) is 0 Å². The van der Waals surface area contributed by atoms with Gasteiger partial charge < -0.3 is 0 Å². The summed E-state index contributed by atoms with van der Waals surface area (Å²) in [7, 11) is 0. The van der Waals surface area contributed by atoms with E-state index in [2.05, 4.69) is 44.1 Å². The molecular weight excluding hydrogens is 248 g/mol. The largest absolute Gasteiger partial charge is 0.298 e. The second-order valence-corrected chi connectivity index (χ2v) is 5.29. The van der Waals surface area contributed by atoms with Gasteiger partial charge in [0.1, 0.15) is 0 Å². The van der Waals surface area contributed by atoms with Crippen LogP contribution in [-0.2, 0) is 19.4 Å². The molecule has 1 heterocycles. The summed E-state index contributed by atoms with van der Waals surface area (Å²) in [5.41, 5.74) is 6.48. The van der Waals surface area contributed by atoms with E-state index in [0.29, 0.717) is 0 Å². The number of carbonyl (C=O) groups excluding carboxylic acids is 1. The predicted octanol–water partition coefficient (Wildman–Crippen LogP) is 3.49. The minimum absolute atomic E-state index is 0.729. The molecule has 0 bridgehead atoms. The Balaban J connectivity index is 2.42. The minimum Gasteiger partial charge on any atom is -0.298 e. The lowest BCUT2D eigenvalue weighted by Crippen LogP contribution is -2.07. The van der Waals surface area contributed by atoms with Gasteiger partial charge in [-0.3, -0.25) is 9.48 Å². The van der Waals surface area contributed by atoms with Gasteiger partial charge in [-0.15, -0.1) is 0 Å². The van der Waals surface area contributed by atoms with Crippen LogP contribution in [0.2, 0.25) is 0 Å². The SMILES string of the molecule is CCc1nn(Cc2cc(C)cc(C)c2)c(CC)c1C=O. The van der Waals surface area contributed by atoms with Gasteiger partial charge in [0, 0.05) is 5.69 Å². The van der Waals surface area contributed by atoms with Crippen LogP contribution in [0.4, 0.5) is 0 Å². The number of aldehydes is 1. The van der Waals surface area contributed by atoms with Crippen LogP contribution in [0.25, 0.3) is 0 Å². The number of carbonyl (C=O) groups is 1. The van der Waals surface area contributed by atoms with E-state index < -0.39 is 0 Å². The van der Waals surface area contributed by atoms with E-state index in [-0.39, 0.29) is 0 Å². The van der Waals surface area contributed by atoms with Crippen molar-refractivity contribution in [1.82, 2.24) is 9.78 Å². The van der Waals surface area contributed by atoms with Gasteiger partial charge in [-0.05, 0) is 32.3 Å². The molecule has 0 saturated heterocycles. The molecule has 0 aliphatic carbocycles. The molecule has 2 aromatic rings. The van der Waals surface area contributed by atoms with Gasteiger partial charge in [0.15, 0.2) is 6.29 Å². The maximum atomic E-state index is 11.3. The molecule has 20 heavy (non-hydrogen) atoms. The third-order valence-corrected chi connectivity index (χ3v) is 3.58. The molecule has 0 unspecified atom stereocenters. The van der Waals surface area contributed by atoms with Crippen LogP contribution < -0.4 is 0 Å². The molecular formula is C17H22N2O. The lowest BCUT2D eigenvalue weighted by molar-refractivity contribution is 0.112. The first kappa shape index (κ1) is 14.5. The van der Waals surface area contributed by atoms with E-state index in [1.54, 1.807) is 0 Å². The van der Waals surface area contributed by atoms with Gasteiger partial charge in [-0.25, -0.2) is 0 Å². The molecule has 1 aromatic carbocycles. The van der Waals surface area contributed by atoms with E-state index in [1.165, 1.54) is 16.7 Å². The summed E-state index contributed by atoms with van der Waals surface area (Å²) in [6.07, 6.45) is 2.56. The number of rotatable bonds is 5. The molecule has 0 spiro atoms. The fraction of sp³-hybridized carbons (Fsp3) is 0.412. The van der Waals surface area contributed by atoms with Crippen LogP contribution in [0, 0.1) is 13.8 Å². The van der Waals surface area contributed by atoms with Crippen molar-refractivity contribution in [3.8, 4) is 0 Å². The Labute approximate surface area is 120 Å². The smallest absolute Gasteiger partial charge is 0.153 e. The molecule has 0 radical (unpaired) electrons. The molecule has 106 valence electrons. The van der Waals surface area contributed by atoms with Crippen LogP contribution in [0.5, 0.6) is 0 Å². The second kappa shape index (κ2) is 6.04. The number of hydrogen-bond donors (Lipinski definition) is 0. The lowest BCUT2D eigenvalue weighted by atomic mass is 10.1. The highest BCUT2D eigenvalue weighted by molar-refractivity contribution is 5.78. The molecule has 0 atom stereocenters. The fourth-order valence-electron chi connectivity index (χ4n) is 2.80. The Bertz CT molecular complexity index is 606. The Morgan fingerprint density at radius 3 is 2.25 bits per heavy atom. The van der Waals surface area contributed by atoms with E-state index in [1.807, 2.05) is 11.6 Å². The Morgan fingerprint density at radius 1 is 1.10 bits per heavy atom. The van der Waals surface area contributed by atoms with Gasteiger partial charge in [-0.1, -0.05) is 43.2 Å². The van der Waals surface area contributed by atoms with Crippen molar-refractivity contribution in [2.75, 3.05) is 0 Å². The monoisotopic (exact) mass is 270 g/mol. The first-order valence-corrected chi connectivity index (χ1v) is 7.19. The number of hydrogen-bond acceptors (Lipinski definition) is 2. The van der Waals surface area contributed by atoms with Crippen molar-refractivity contribution in [3.05, 3.63) is 51.8 Å². The molecule has 2 rings (SSSR count). The van der Waals surface area contributed by atoms with Gasteiger partial charge in [0.2, 0.25) is 0 Å². The zero-order chi connectivity index (χ0) is 14.7. The van der Waals surface area contributed by atoms with E-state index >= 15 is 0 Å². The molecule has 0 saturated carbocycles. The zero-order valence-corrected chi connectivity index (χ0v) is 12.7. The highest BCUT2D eigenvalue weighted by Crippen LogP contribution is 2.17. The number of benzene rings is 1. The molecule has 0 fully saturated rings. The maximum Gasteiger partial charge on any atom is 0.153 e. The quantitative estimate of drug-likeness (QED) is 0.780. The standard InChI is InChI=1S/C17H22N2O/c1-5-16-15(11-20)17(6-2)19(18-16)10-14-8-12(3)7-13(4)9-14/h7-9,11H,5-6,10H2,1-4H3. The van der Waals surface area contributed by atoms with Crippen molar-refractivity contribution < 1.29 is 4.79 Å². The molecule has 1 aromatic heterocycles. The Hall–Kier alpha value is -1.90. The molecule has 0 amide bonds. The first-order valence-electron chi connectivity index (χ1n) is 7.19. The third-order valence-electron chi connectivity index (χ3n) is 3.58. The third kappa shape index (κ3) is 2.82. The molecule has 0 aliphatic heterocycles. The molecule has 3 nitrogen and oxygen atoms in total. The normalized spacial score (nSPS) is 10.8. The van der Waals surface area contributed by atoms with Gasteiger partial charge in [-0.2, -0.15) is 5.10 Å². The highest BCUT2D eigenvalue weighted by Gasteiger charge is 2.14. The van der Waals surface area contributed by atoms with Crippen LogP contribution in [-0.4, -0.2) is 16.1 Å². The number of aromatic nitrogens is 2. The number of aryl methyl sites for hydroxylation is 3. The highest BCUT2D eigenvalue weighted by atomic mass is 16.1. The maximum absolute atomic E-state index is 11.3. The Kier molecular flexibility index (Phi) is 4.38. The summed E-state index contributed by atoms with van der Waals surface area (Å²) in [4.78, 5) is 11.3. The van der Waals surface area contributed by atoms with Gasteiger partial charge in [0.25, 0.3) is 0 Å². The summed E-state index contributed by atoms with van der Waals surface area (Å²) in [5, 5.41) is 4.61. The molecule has 3 heteroatoms. The zero-order valence-electron chi connectivity index (χ0n) is 12.7. The predicted molar refractivity (Wildman–Crippen MR) is 81.4 cm³/mol. The Morgan fingerprint density at radius 2 is 1.75 bits per heavy atom. The van der Waals surface area contributed by atoms with Crippen molar-refractivity contribution in [2.45, 2.75) is 47.1 Å². The van der Waals surface area contributed by atoms with Gasteiger partial charge >= 0.3 is 0 Å². The van der Waals surface area contributed by atoms with Crippen LogP contribution in [0.1, 0.15) is 52.3 Å². The van der Waals surface area contributed by atoms with Crippen LogP contribution in [0.3, 0.4) is 0 Å². The van der Waals surface area contributed by atoms with Crippen molar-refractivity contribution in [1.29, 1.82) is 0 Å². The lowest BCUT2D eigenvalue weighted by Gasteiger charge is -2.08. The van der Waals surface area contributed by atoms with Crippen LogP contribution in [0.15, 0.2) is 18.2 Å². The summed E-state index contributed by atoms with van der Waals surface area (Å²) in [5.74, 6) is 0. The molecule has 0 aliphatic rings. The first-order chi connectivity index (χ1) is 9.58. The average molecular weight is 270 g/mol. The van der Waals surface area contributed by atoms with Gasteiger partial charge in [0.05, 0.1) is 17.8 Å². The van der Waals surface area contributed by atoms with E-state index in [9.17, 15) is 4.79 Å². The topological polar surface area (TPSA) is 34.9 Å². The van der Waals surface area contributed by atoms with E-state index in [0.717, 1.165) is 42.6 Å². The average Bonchev–Trinajstić information content (AvgIpc) is 2.74. The molecule has 0 N–H and O–H groups in total. The second-order valence-electron chi connectivity index (χ2n) is 5.29. The summed E-state index contributed by atoms with van der Waals surface area (Å²) >= 11 is 0. The summed E-state index contributed by atoms with van der Waals surface area (Å²) in [6, 6.07) is 6.53. The van der Waals surface area contributed by atoms with Crippen molar-refractivity contribution in [3.63, 3.8) is 0 Å². The van der Waals surface area contributed by atoms with Crippen molar-refractivity contribution >= 4 is 6.29 Å². The minimum atomic E-state index is 0.729.